The number of rotatable bonds is 8. The van der Waals surface area contributed by atoms with Gasteiger partial charge in [-0.25, -0.2) is 14.3 Å². The van der Waals surface area contributed by atoms with Crippen LogP contribution in [-0.4, -0.2) is 52.5 Å². The quantitative estimate of drug-likeness (QED) is 0.492. The lowest BCUT2D eigenvalue weighted by molar-refractivity contribution is 0.0516. The number of aromatic nitrogens is 3. The summed E-state index contributed by atoms with van der Waals surface area (Å²) in [5.41, 5.74) is 2.21. The van der Waals surface area contributed by atoms with Crippen LogP contribution in [0.4, 0.5) is 5.69 Å². The molecule has 8 nitrogen and oxygen atoms in total. The number of anilines is 1. The third-order valence-electron chi connectivity index (χ3n) is 4.23. The topological polar surface area (TPSA) is 89.2 Å². The molecule has 3 rings (SSSR count). The van der Waals surface area contributed by atoms with Crippen LogP contribution in [0.25, 0.3) is 5.65 Å². The first-order chi connectivity index (χ1) is 14.0. The Morgan fingerprint density at radius 1 is 1.34 bits per heavy atom. The Labute approximate surface area is 181 Å². The van der Waals surface area contributed by atoms with E-state index in [1.54, 1.807) is 14.0 Å². The van der Waals surface area contributed by atoms with Crippen molar-refractivity contribution in [3.05, 3.63) is 51.3 Å². The third kappa shape index (κ3) is 4.47. The maximum atomic E-state index is 12.2. The van der Waals surface area contributed by atoms with Gasteiger partial charge in [-0.2, -0.15) is 5.10 Å². The van der Waals surface area contributed by atoms with Crippen molar-refractivity contribution in [1.29, 1.82) is 0 Å². The second kappa shape index (κ2) is 9.43. The van der Waals surface area contributed by atoms with Crippen LogP contribution in [0, 0.1) is 0 Å². The van der Waals surface area contributed by atoms with Crippen LogP contribution in [-0.2, 0) is 11.3 Å². The largest absolute Gasteiger partial charge is 0.497 e. The van der Waals surface area contributed by atoms with E-state index in [0.29, 0.717) is 28.9 Å². The van der Waals surface area contributed by atoms with E-state index in [0.717, 1.165) is 11.3 Å². The third-order valence-corrected chi connectivity index (χ3v) is 5.47. The van der Waals surface area contributed by atoms with Gasteiger partial charge in [0.1, 0.15) is 11.4 Å². The molecule has 0 amide bonds. The predicted molar refractivity (Wildman–Crippen MR) is 113 cm³/mol. The maximum Gasteiger partial charge on any atom is 0.358 e. The van der Waals surface area contributed by atoms with Gasteiger partial charge in [-0.15, -0.1) is 0 Å². The van der Waals surface area contributed by atoms with E-state index in [-0.39, 0.29) is 24.1 Å². The van der Waals surface area contributed by atoms with Gasteiger partial charge in [-0.3, -0.25) is 0 Å². The van der Waals surface area contributed by atoms with Gasteiger partial charge in [0.25, 0.3) is 0 Å². The molecule has 154 valence electrons. The average molecular weight is 484 g/mol. The molecule has 3 aromatic rings. The minimum Gasteiger partial charge on any atom is -0.497 e. The lowest BCUT2D eigenvalue weighted by Gasteiger charge is -2.26. The Balaban J connectivity index is 2.07. The molecule has 0 aliphatic carbocycles. The minimum atomic E-state index is -0.541. The zero-order chi connectivity index (χ0) is 21.0. The number of carbonyl (C=O) groups is 1. The number of aliphatic hydroxyl groups is 1. The van der Waals surface area contributed by atoms with Crippen molar-refractivity contribution in [3.63, 3.8) is 0 Å². The number of hydrogen-bond donors (Lipinski definition) is 1. The van der Waals surface area contributed by atoms with Gasteiger partial charge in [0.05, 0.1) is 31.0 Å². The number of esters is 1. The Hall–Kier alpha value is -2.36. The Bertz CT molecular complexity index is 1010. The number of benzene rings is 1. The van der Waals surface area contributed by atoms with E-state index in [1.165, 1.54) is 10.7 Å². The highest BCUT2D eigenvalue weighted by molar-refractivity contribution is 9.10. The summed E-state index contributed by atoms with van der Waals surface area (Å²) in [5, 5.41) is 14.0. The molecule has 0 saturated heterocycles. The summed E-state index contributed by atoms with van der Waals surface area (Å²) in [5.74, 6) is 0.214. The van der Waals surface area contributed by atoms with Crippen LogP contribution >= 0.6 is 27.5 Å². The van der Waals surface area contributed by atoms with E-state index >= 15 is 0 Å². The van der Waals surface area contributed by atoms with Crippen molar-refractivity contribution in [2.24, 2.45) is 0 Å². The molecular formula is C19H20BrClN4O4. The number of aliphatic hydroxyl groups excluding tert-OH is 1. The van der Waals surface area contributed by atoms with Gasteiger partial charge in [0, 0.05) is 13.1 Å². The Morgan fingerprint density at radius 3 is 2.69 bits per heavy atom. The summed E-state index contributed by atoms with van der Waals surface area (Å²) < 4.78 is 12.2. The summed E-state index contributed by atoms with van der Waals surface area (Å²) in [4.78, 5) is 18.5. The second-order valence-corrected chi connectivity index (χ2v) is 7.20. The Morgan fingerprint density at radius 2 is 2.07 bits per heavy atom. The number of carbonyl (C=O) groups excluding carboxylic acids is 1. The monoisotopic (exact) mass is 482 g/mol. The highest BCUT2D eigenvalue weighted by atomic mass is 79.9. The summed E-state index contributed by atoms with van der Waals surface area (Å²) >= 11 is 9.80. The molecule has 0 fully saturated rings. The van der Waals surface area contributed by atoms with Crippen LogP contribution in [0.1, 0.15) is 23.0 Å². The highest BCUT2D eigenvalue weighted by Gasteiger charge is 2.24. The average Bonchev–Trinajstić information content (AvgIpc) is 3.12. The number of methoxy groups -OCH3 is 1. The number of fused-ring (bicyclic) bond motifs is 1. The molecule has 1 aromatic carbocycles. The van der Waals surface area contributed by atoms with E-state index in [2.05, 4.69) is 26.0 Å². The van der Waals surface area contributed by atoms with E-state index in [1.807, 2.05) is 29.2 Å². The van der Waals surface area contributed by atoms with Crippen molar-refractivity contribution in [2.75, 3.05) is 31.8 Å². The van der Waals surface area contributed by atoms with Crippen LogP contribution in [0.3, 0.4) is 0 Å². The normalized spacial score (nSPS) is 10.9. The smallest absolute Gasteiger partial charge is 0.358 e. The van der Waals surface area contributed by atoms with Crippen molar-refractivity contribution in [3.8, 4) is 5.75 Å². The maximum absolute atomic E-state index is 12.2. The van der Waals surface area contributed by atoms with Gasteiger partial charge in [-0.05, 0) is 40.5 Å². The molecule has 0 aliphatic rings. The summed E-state index contributed by atoms with van der Waals surface area (Å²) in [6.45, 7) is 2.67. The summed E-state index contributed by atoms with van der Waals surface area (Å²) in [6.07, 6.45) is 1.40. The lowest BCUT2D eigenvalue weighted by atomic mass is 10.2. The molecule has 0 aliphatic heterocycles. The number of nitrogens with zero attached hydrogens (tertiary/aromatic N) is 4. The standard InChI is InChI=1S/C19H20BrClN4O4/c1-3-29-19(27)14-10-22-18-16(15(20)17(21)23-25(14)18)24(8-9-26)11-12-4-6-13(28-2)7-5-12/h4-7,10,26H,3,8-9,11H2,1-2H3. The van der Waals surface area contributed by atoms with Crippen LogP contribution in [0.15, 0.2) is 34.9 Å². The minimum absolute atomic E-state index is 0.0832. The molecule has 0 bridgehead atoms. The molecule has 29 heavy (non-hydrogen) atoms. The molecule has 2 aromatic heterocycles. The molecule has 0 atom stereocenters. The summed E-state index contributed by atoms with van der Waals surface area (Å²) in [7, 11) is 1.61. The first-order valence-electron chi connectivity index (χ1n) is 8.88. The van der Waals surface area contributed by atoms with Crippen molar-refractivity contribution in [1.82, 2.24) is 14.6 Å². The number of hydrogen-bond acceptors (Lipinski definition) is 7. The molecule has 1 N–H and O–H groups in total. The van der Waals surface area contributed by atoms with Gasteiger partial charge in [0.15, 0.2) is 16.5 Å². The second-order valence-electron chi connectivity index (χ2n) is 6.05. The van der Waals surface area contributed by atoms with Gasteiger partial charge in [-0.1, -0.05) is 23.7 Å². The molecule has 0 unspecified atom stereocenters. The van der Waals surface area contributed by atoms with Crippen molar-refractivity contribution in [2.45, 2.75) is 13.5 Å². The number of halogens is 2. The zero-order valence-corrected chi connectivity index (χ0v) is 18.3. The molecule has 0 radical (unpaired) electrons. The first kappa shape index (κ1) is 21.4. The molecular weight excluding hydrogens is 464 g/mol. The van der Waals surface area contributed by atoms with E-state index in [9.17, 15) is 9.90 Å². The molecule has 10 heteroatoms. The summed E-state index contributed by atoms with van der Waals surface area (Å²) in [6, 6.07) is 7.61. The van der Waals surface area contributed by atoms with E-state index in [4.69, 9.17) is 21.1 Å². The number of imidazole rings is 1. The SMILES string of the molecule is CCOC(=O)c1cnc2c(N(CCO)Cc3ccc(OC)cc3)c(Br)c(Cl)nn12. The number of ether oxygens (including phenoxy) is 2. The van der Waals surface area contributed by atoms with Gasteiger partial charge < -0.3 is 19.5 Å². The fourth-order valence-electron chi connectivity index (χ4n) is 2.90. The predicted octanol–water partition coefficient (Wildman–Crippen LogP) is 3.33. The van der Waals surface area contributed by atoms with Crippen LogP contribution in [0.5, 0.6) is 5.75 Å². The van der Waals surface area contributed by atoms with Gasteiger partial charge in [0.2, 0.25) is 0 Å². The first-order valence-corrected chi connectivity index (χ1v) is 10.1. The highest BCUT2D eigenvalue weighted by Crippen LogP contribution is 2.36. The van der Waals surface area contributed by atoms with Gasteiger partial charge >= 0.3 is 5.97 Å². The van der Waals surface area contributed by atoms with E-state index < -0.39 is 5.97 Å². The molecule has 0 saturated carbocycles. The molecule has 0 spiro atoms. The lowest BCUT2D eigenvalue weighted by Crippen LogP contribution is -2.27. The fraction of sp³-hybridized carbons (Fsp3) is 0.316. The molecule has 2 heterocycles. The van der Waals surface area contributed by atoms with Crippen LogP contribution < -0.4 is 9.64 Å². The van der Waals surface area contributed by atoms with Crippen molar-refractivity contribution >= 4 is 44.8 Å². The van der Waals surface area contributed by atoms with Crippen molar-refractivity contribution < 1.29 is 19.4 Å². The zero-order valence-electron chi connectivity index (χ0n) is 15.9. The fourth-order valence-corrected chi connectivity index (χ4v) is 3.57. The van der Waals surface area contributed by atoms with Crippen LogP contribution in [0.2, 0.25) is 5.15 Å². The Kier molecular flexibility index (Phi) is 6.94.